The van der Waals surface area contributed by atoms with E-state index in [1.807, 2.05) is 25.1 Å². The number of aromatic hydroxyl groups is 1. The summed E-state index contributed by atoms with van der Waals surface area (Å²) >= 11 is 9.30. The van der Waals surface area contributed by atoms with Gasteiger partial charge in [-0.1, -0.05) is 27.5 Å². The van der Waals surface area contributed by atoms with E-state index in [-0.39, 0.29) is 5.75 Å². The first-order chi connectivity index (χ1) is 8.56. The highest BCUT2D eigenvalue weighted by Gasteiger charge is 1.99. The fourth-order valence-corrected chi connectivity index (χ4v) is 1.91. The van der Waals surface area contributed by atoms with Crippen LogP contribution in [0.3, 0.4) is 0 Å². The van der Waals surface area contributed by atoms with Gasteiger partial charge >= 0.3 is 0 Å². The predicted molar refractivity (Wildman–Crippen MR) is 79.2 cm³/mol. The number of hydrogen-bond acceptors (Lipinski definition) is 2. The van der Waals surface area contributed by atoms with Gasteiger partial charge in [0.15, 0.2) is 0 Å². The van der Waals surface area contributed by atoms with Crippen LogP contribution in [0.15, 0.2) is 45.9 Å². The van der Waals surface area contributed by atoms with Gasteiger partial charge in [0, 0.05) is 21.3 Å². The Morgan fingerprint density at radius 2 is 2.00 bits per heavy atom. The van der Waals surface area contributed by atoms with E-state index >= 15 is 0 Å². The molecule has 0 bridgehead atoms. The lowest BCUT2D eigenvalue weighted by Gasteiger charge is -2.01. The van der Waals surface area contributed by atoms with Crippen LogP contribution in [0, 0.1) is 6.92 Å². The lowest BCUT2D eigenvalue weighted by atomic mass is 10.2. The fourth-order valence-electron chi connectivity index (χ4n) is 1.48. The number of phenolic OH excluding ortho intramolecular Hbond substituents is 1. The molecule has 4 heteroatoms. The van der Waals surface area contributed by atoms with Gasteiger partial charge in [0.2, 0.25) is 0 Å². The summed E-state index contributed by atoms with van der Waals surface area (Å²) in [5.41, 5.74) is 2.54. The molecule has 2 aromatic carbocycles. The molecule has 92 valence electrons. The van der Waals surface area contributed by atoms with Crippen molar-refractivity contribution in [2.24, 2.45) is 4.99 Å². The molecular formula is C14H11BrClNO. The van der Waals surface area contributed by atoms with Gasteiger partial charge in [0.25, 0.3) is 0 Å². The van der Waals surface area contributed by atoms with Crippen molar-refractivity contribution in [1.29, 1.82) is 0 Å². The van der Waals surface area contributed by atoms with Gasteiger partial charge in [0.05, 0.1) is 5.69 Å². The Balaban J connectivity index is 2.29. The molecule has 0 radical (unpaired) electrons. The maximum atomic E-state index is 9.65. The van der Waals surface area contributed by atoms with Gasteiger partial charge in [-0.3, -0.25) is 4.99 Å². The lowest BCUT2D eigenvalue weighted by Crippen LogP contribution is -1.82. The molecule has 2 aromatic rings. The molecule has 1 N–H and O–H groups in total. The molecule has 0 unspecified atom stereocenters. The van der Waals surface area contributed by atoms with Crippen LogP contribution in [0.4, 0.5) is 5.69 Å². The van der Waals surface area contributed by atoms with Crippen molar-refractivity contribution in [1.82, 2.24) is 0 Å². The second kappa shape index (κ2) is 5.55. The van der Waals surface area contributed by atoms with E-state index in [0.29, 0.717) is 10.6 Å². The summed E-state index contributed by atoms with van der Waals surface area (Å²) in [6.45, 7) is 2.00. The van der Waals surface area contributed by atoms with E-state index in [1.165, 1.54) is 0 Å². The number of benzene rings is 2. The van der Waals surface area contributed by atoms with E-state index in [0.717, 1.165) is 15.7 Å². The molecule has 2 nitrogen and oxygen atoms in total. The third-order valence-electron chi connectivity index (χ3n) is 2.48. The molecule has 0 fully saturated rings. The summed E-state index contributed by atoms with van der Waals surface area (Å²) < 4.78 is 1.05. The van der Waals surface area contributed by atoms with E-state index in [9.17, 15) is 5.11 Å². The van der Waals surface area contributed by atoms with Crippen molar-refractivity contribution in [3.05, 3.63) is 57.0 Å². The van der Waals surface area contributed by atoms with Crippen LogP contribution in [0.1, 0.15) is 11.1 Å². The minimum atomic E-state index is 0.164. The lowest BCUT2D eigenvalue weighted by molar-refractivity contribution is 0.474. The van der Waals surface area contributed by atoms with Gasteiger partial charge in [-0.05, 0) is 48.9 Å². The van der Waals surface area contributed by atoms with Crippen molar-refractivity contribution in [2.45, 2.75) is 6.92 Å². The van der Waals surface area contributed by atoms with Gasteiger partial charge in [-0.2, -0.15) is 0 Å². The highest BCUT2D eigenvalue weighted by Crippen LogP contribution is 2.23. The van der Waals surface area contributed by atoms with Crippen LogP contribution in [-0.2, 0) is 0 Å². The first-order valence-corrected chi connectivity index (χ1v) is 6.52. The minimum absolute atomic E-state index is 0.164. The summed E-state index contributed by atoms with van der Waals surface area (Å²) in [7, 11) is 0. The van der Waals surface area contributed by atoms with Crippen molar-refractivity contribution < 1.29 is 5.11 Å². The Morgan fingerprint density at radius 3 is 2.72 bits per heavy atom. The molecular weight excluding hydrogens is 314 g/mol. The second-order valence-electron chi connectivity index (χ2n) is 3.89. The zero-order chi connectivity index (χ0) is 13.1. The molecule has 0 saturated carbocycles. The van der Waals surface area contributed by atoms with Gasteiger partial charge in [0.1, 0.15) is 5.75 Å². The molecule has 0 aliphatic heterocycles. The number of aliphatic imine (C=N–C) groups is 1. The monoisotopic (exact) mass is 323 g/mol. The van der Waals surface area contributed by atoms with Gasteiger partial charge in [-0.25, -0.2) is 0 Å². The average Bonchev–Trinajstić information content (AvgIpc) is 2.34. The molecule has 18 heavy (non-hydrogen) atoms. The van der Waals surface area contributed by atoms with Crippen molar-refractivity contribution in [2.75, 3.05) is 0 Å². The van der Waals surface area contributed by atoms with Crippen LogP contribution < -0.4 is 0 Å². The Bertz CT molecular complexity index is 611. The quantitative estimate of drug-likeness (QED) is 0.786. The highest BCUT2D eigenvalue weighted by molar-refractivity contribution is 9.10. The van der Waals surface area contributed by atoms with Crippen molar-refractivity contribution in [3.63, 3.8) is 0 Å². The Morgan fingerprint density at radius 1 is 1.22 bits per heavy atom. The SMILES string of the molecule is Cc1cc(N=Cc2cc(Cl)ccc2O)ccc1Br. The molecule has 0 amide bonds. The normalized spacial score (nSPS) is 11.1. The molecule has 0 saturated heterocycles. The third kappa shape index (κ3) is 3.12. The predicted octanol–water partition coefficient (Wildman–Crippen LogP) is 4.87. The van der Waals surface area contributed by atoms with Crippen LogP contribution in [0.2, 0.25) is 5.02 Å². The first-order valence-electron chi connectivity index (χ1n) is 5.35. The standard InChI is InChI=1S/C14H11BrClNO/c1-9-6-12(3-4-13(9)15)17-8-10-7-11(16)2-5-14(10)18/h2-8,18H,1H3. The minimum Gasteiger partial charge on any atom is -0.507 e. The number of rotatable bonds is 2. The molecule has 0 aromatic heterocycles. The second-order valence-corrected chi connectivity index (χ2v) is 5.19. The Kier molecular flexibility index (Phi) is 4.04. The Hall–Kier alpha value is -1.32. The highest BCUT2D eigenvalue weighted by atomic mass is 79.9. The van der Waals surface area contributed by atoms with Crippen LogP contribution in [0.5, 0.6) is 5.75 Å². The number of hydrogen-bond donors (Lipinski definition) is 1. The summed E-state index contributed by atoms with van der Waals surface area (Å²) in [6.07, 6.45) is 1.60. The van der Waals surface area contributed by atoms with E-state index < -0.39 is 0 Å². The maximum Gasteiger partial charge on any atom is 0.124 e. The van der Waals surface area contributed by atoms with Crippen LogP contribution >= 0.6 is 27.5 Å². The van der Waals surface area contributed by atoms with Gasteiger partial charge in [-0.15, -0.1) is 0 Å². The number of phenols is 1. The van der Waals surface area contributed by atoms with Crippen molar-refractivity contribution >= 4 is 39.4 Å². The zero-order valence-electron chi connectivity index (χ0n) is 9.69. The number of aryl methyl sites for hydroxylation is 1. The van der Waals surface area contributed by atoms with E-state index in [2.05, 4.69) is 20.9 Å². The Labute approximate surface area is 119 Å². The smallest absolute Gasteiger partial charge is 0.124 e. The van der Waals surface area contributed by atoms with E-state index in [1.54, 1.807) is 24.4 Å². The summed E-state index contributed by atoms with van der Waals surface area (Å²) in [4.78, 5) is 4.32. The number of nitrogens with zero attached hydrogens (tertiary/aromatic N) is 1. The van der Waals surface area contributed by atoms with Crippen LogP contribution in [0.25, 0.3) is 0 Å². The first kappa shape index (κ1) is 13.1. The summed E-state index contributed by atoms with van der Waals surface area (Å²) in [6, 6.07) is 10.7. The zero-order valence-corrected chi connectivity index (χ0v) is 12.0. The average molecular weight is 325 g/mol. The van der Waals surface area contributed by atoms with Gasteiger partial charge < -0.3 is 5.11 Å². The maximum absolute atomic E-state index is 9.65. The molecule has 0 aliphatic rings. The van der Waals surface area contributed by atoms with Crippen molar-refractivity contribution in [3.8, 4) is 5.75 Å². The largest absolute Gasteiger partial charge is 0.507 e. The molecule has 0 heterocycles. The van der Waals surface area contributed by atoms with E-state index in [4.69, 9.17) is 11.6 Å². The molecule has 2 rings (SSSR count). The summed E-state index contributed by atoms with van der Waals surface area (Å²) in [5, 5.41) is 10.2. The third-order valence-corrected chi connectivity index (χ3v) is 3.61. The number of halogens is 2. The molecule has 0 aliphatic carbocycles. The summed E-state index contributed by atoms with van der Waals surface area (Å²) in [5.74, 6) is 0.164. The topological polar surface area (TPSA) is 32.6 Å². The fraction of sp³-hybridized carbons (Fsp3) is 0.0714. The van der Waals surface area contributed by atoms with Crippen LogP contribution in [-0.4, -0.2) is 11.3 Å². The molecule has 0 spiro atoms. The molecule has 0 atom stereocenters.